The molecule has 27 heavy (non-hydrogen) atoms. The number of amides is 2. The third-order valence-electron chi connectivity index (χ3n) is 4.77. The quantitative estimate of drug-likeness (QED) is 0.761. The minimum Gasteiger partial charge on any atom is -0.466 e. The molecule has 0 radical (unpaired) electrons. The lowest BCUT2D eigenvalue weighted by molar-refractivity contribution is -0.122. The molecule has 0 saturated heterocycles. The number of hydrogen-bond donors (Lipinski definition) is 1. The van der Waals surface area contributed by atoms with E-state index in [0.717, 1.165) is 5.56 Å². The summed E-state index contributed by atoms with van der Waals surface area (Å²) in [5, 5.41) is 3.00. The lowest BCUT2D eigenvalue weighted by atomic mass is 10.1. The molecule has 1 N–H and O–H groups in total. The zero-order chi connectivity index (χ0) is 20.0. The zero-order valence-corrected chi connectivity index (χ0v) is 16.9. The van der Waals surface area contributed by atoms with Crippen LogP contribution in [0.5, 0.6) is 0 Å². The summed E-state index contributed by atoms with van der Waals surface area (Å²) in [7, 11) is 0. The molecule has 2 aromatic rings. The molecule has 1 heterocycles. The van der Waals surface area contributed by atoms with E-state index in [9.17, 15) is 9.59 Å². The third kappa shape index (κ3) is 5.98. The van der Waals surface area contributed by atoms with Gasteiger partial charge in [0.2, 0.25) is 5.91 Å². The van der Waals surface area contributed by atoms with Gasteiger partial charge in [-0.05, 0) is 38.3 Å². The van der Waals surface area contributed by atoms with Crippen molar-refractivity contribution >= 4 is 11.8 Å². The molecule has 5 heteroatoms. The van der Waals surface area contributed by atoms with Crippen molar-refractivity contribution in [2.24, 2.45) is 5.92 Å². The van der Waals surface area contributed by atoms with Crippen molar-refractivity contribution in [3.63, 3.8) is 0 Å². The van der Waals surface area contributed by atoms with Gasteiger partial charge >= 0.3 is 0 Å². The average molecular weight is 370 g/mol. The van der Waals surface area contributed by atoms with Crippen LogP contribution >= 0.6 is 0 Å². The van der Waals surface area contributed by atoms with Crippen LogP contribution in [0.4, 0.5) is 0 Å². The first kappa shape index (κ1) is 20.7. The van der Waals surface area contributed by atoms with Crippen LogP contribution in [0.2, 0.25) is 0 Å². The Hall–Kier alpha value is -2.56. The molecule has 0 aliphatic carbocycles. The van der Waals surface area contributed by atoms with Gasteiger partial charge in [0.25, 0.3) is 5.91 Å². The van der Waals surface area contributed by atoms with E-state index in [1.54, 1.807) is 17.9 Å². The molecule has 1 atom stereocenters. The summed E-state index contributed by atoms with van der Waals surface area (Å²) in [5.41, 5.74) is 1.58. The summed E-state index contributed by atoms with van der Waals surface area (Å²) in [5.74, 6) is 1.53. The molecule has 2 amide bonds. The average Bonchev–Trinajstić information content (AvgIpc) is 2.97. The summed E-state index contributed by atoms with van der Waals surface area (Å²) in [6.07, 6.45) is 0.269. The highest BCUT2D eigenvalue weighted by atomic mass is 16.3. The van der Waals surface area contributed by atoms with Gasteiger partial charge in [-0.1, -0.05) is 44.2 Å². The van der Waals surface area contributed by atoms with Gasteiger partial charge < -0.3 is 14.6 Å². The van der Waals surface area contributed by atoms with E-state index in [1.165, 1.54) is 0 Å². The molecule has 0 aliphatic heterocycles. The maximum Gasteiger partial charge on any atom is 0.257 e. The fraction of sp³-hybridized carbons (Fsp3) is 0.455. The van der Waals surface area contributed by atoms with Crippen LogP contribution in [0.3, 0.4) is 0 Å². The minimum atomic E-state index is -0.113. The molecule has 1 aromatic heterocycles. The number of nitrogens with one attached hydrogen (secondary N) is 1. The van der Waals surface area contributed by atoms with Crippen LogP contribution < -0.4 is 5.32 Å². The van der Waals surface area contributed by atoms with Gasteiger partial charge in [-0.25, -0.2) is 0 Å². The summed E-state index contributed by atoms with van der Waals surface area (Å²) in [4.78, 5) is 27.1. The molecule has 0 bridgehead atoms. The van der Waals surface area contributed by atoms with Gasteiger partial charge in [0.1, 0.15) is 11.5 Å². The largest absolute Gasteiger partial charge is 0.466 e. The second-order valence-electron chi connectivity index (χ2n) is 7.39. The monoisotopic (exact) mass is 370 g/mol. The SMILES string of the molecule is Cc1cc(C(=O)N(CCC(=O)N[C@@H](C)C(C)C)Cc2ccccc2)c(C)o1. The minimum absolute atomic E-state index is 0.0397. The van der Waals surface area contributed by atoms with Crippen molar-refractivity contribution in [3.8, 4) is 0 Å². The third-order valence-corrected chi connectivity index (χ3v) is 4.77. The Morgan fingerprint density at radius 1 is 1.11 bits per heavy atom. The molecule has 0 spiro atoms. The van der Waals surface area contributed by atoms with Gasteiger partial charge in [-0.2, -0.15) is 0 Å². The maximum atomic E-state index is 13.1. The van der Waals surface area contributed by atoms with Crippen LogP contribution in [0.15, 0.2) is 40.8 Å². The van der Waals surface area contributed by atoms with E-state index >= 15 is 0 Å². The molecule has 2 rings (SSSR count). The molecular weight excluding hydrogens is 340 g/mol. The molecule has 5 nitrogen and oxygen atoms in total. The molecule has 0 fully saturated rings. The second-order valence-corrected chi connectivity index (χ2v) is 7.39. The molecule has 1 aromatic carbocycles. The van der Waals surface area contributed by atoms with Gasteiger partial charge in [0.15, 0.2) is 0 Å². The highest BCUT2D eigenvalue weighted by molar-refractivity contribution is 5.95. The Labute approximate surface area is 161 Å². The Bertz CT molecular complexity index is 765. The van der Waals surface area contributed by atoms with Crippen LogP contribution in [0, 0.1) is 19.8 Å². The smallest absolute Gasteiger partial charge is 0.257 e. The number of benzene rings is 1. The zero-order valence-electron chi connectivity index (χ0n) is 16.9. The molecule has 0 saturated carbocycles. The summed E-state index contributed by atoms with van der Waals surface area (Å²) in [6, 6.07) is 11.7. The molecule has 0 aliphatic rings. The van der Waals surface area contributed by atoms with Crippen LogP contribution in [0.25, 0.3) is 0 Å². The maximum absolute atomic E-state index is 13.1. The summed E-state index contributed by atoms with van der Waals surface area (Å²) in [6.45, 7) is 10.6. The number of carbonyl (C=O) groups is 2. The fourth-order valence-corrected chi connectivity index (χ4v) is 2.80. The van der Waals surface area contributed by atoms with Crippen molar-refractivity contribution < 1.29 is 14.0 Å². The van der Waals surface area contributed by atoms with E-state index in [1.807, 2.05) is 44.2 Å². The van der Waals surface area contributed by atoms with Gasteiger partial charge in [-0.3, -0.25) is 9.59 Å². The summed E-state index contributed by atoms with van der Waals surface area (Å²) < 4.78 is 5.51. The highest BCUT2D eigenvalue weighted by Gasteiger charge is 2.22. The van der Waals surface area contributed by atoms with E-state index < -0.39 is 0 Å². The highest BCUT2D eigenvalue weighted by Crippen LogP contribution is 2.18. The lowest BCUT2D eigenvalue weighted by Crippen LogP contribution is -2.39. The number of nitrogens with zero attached hydrogens (tertiary/aromatic N) is 1. The Morgan fingerprint density at radius 2 is 1.78 bits per heavy atom. The predicted octanol–water partition coefficient (Wildman–Crippen LogP) is 4.09. The number of carbonyl (C=O) groups excluding carboxylic acids is 2. The van der Waals surface area contributed by atoms with E-state index in [-0.39, 0.29) is 24.3 Å². The predicted molar refractivity (Wildman–Crippen MR) is 106 cm³/mol. The Kier molecular flexibility index (Phi) is 7.22. The topological polar surface area (TPSA) is 62.6 Å². The van der Waals surface area contributed by atoms with Crippen molar-refractivity contribution in [1.82, 2.24) is 10.2 Å². The molecule has 146 valence electrons. The Balaban J connectivity index is 2.11. The Morgan fingerprint density at radius 3 is 2.33 bits per heavy atom. The first-order valence-corrected chi connectivity index (χ1v) is 9.47. The standard InChI is InChI=1S/C22H30N2O3/c1-15(2)17(4)23-21(25)11-12-24(14-19-9-7-6-8-10-19)22(26)20-13-16(3)27-18(20)5/h6-10,13,15,17H,11-12,14H2,1-5H3,(H,23,25)/t17-/m0/s1. The van der Waals surface area contributed by atoms with Crippen molar-refractivity contribution in [2.75, 3.05) is 6.54 Å². The molecular formula is C22H30N2O3. The van der Waals surface area contributed by atoms with Gasteiger partial charge in [0.05, 0.1) is 5.56 Å². The molecule has 0 unspecified atom stereocenters. The number of hydrogen-bond acceptors (Lipinski definition) is 3. The number of furan rings is 1. The normalized spacial score (nSPS) is 12.1. The van der Waals surface area contributed by atoms with Gasteiger partial charge in [0, 0.05) is 25.6 Å². The van der Waals surface area contributed by atoms with Crippen molar-refractivity contribution in [1.29, 1.82) is 0 Å². The van der Waals surface area contributed by atoms with Crippen LogP contribution in [0.1, 0.15) is 54.6 Å². The van der Waals surface area contributed by atoms with Crippen LogP contribution in [-0.4, -0.2) is 29.3 Å². The fourth-order valence-electron chi connectivity index (χ4n) is 2.80. The van der Waals surface area contributed by atoms with E-state index in [0.29, 0.717) is 36.1 Å². The first-order chi connectivity index (χ1) is 12.8. The second kappa shape index (κ2) is 9.40. The first-order valence-electron chi connectivity index (χ1n) is 9.47. The van der Waals surface area contributed by atoms with Crippen molar-refractivity contribution in [3.05, 3.63) is 59.0 Å². The van der Waals surface area contributed by atoms with E-state index in [4.69, 9.17) is 4.42 Å². The number of aryl methyl sites for hydroxylation is 2. The van der Waals surface area contributed by atoms with Crippen LogP contribution in [-0.2, 0) is 11.3 Å². The lowest BCUT2D eigenvalue weighted by Gasteiger charge is -2.23. The van der Waals surface area contributed by atoms with Crippen molar-refractivity contribution in [2.45, 2.75) is 53.6 Å². The number of rotatable bonds is 8. The van der Waals surface area contributed by atoms with E-state index in [2.05, 4.69) is 19.2 Å². The summed E-state index contributed by atoms with van der Waals surface area (Å²) >= 11 is 0. The van der Waals surface area contributed by atoms with Gasteiger partial charge in [-0.15, -0.1) is 0 Å².